The van der Waals surface area contributed by atoms with Crippen molar-refractivity contribution in [1.29, 1.82) is 0 Å². The van der Waals surface area contributed by atoms with Crippen LogP contribution in [0, 0.1) is 0 Å². The van der Waals surface area contributed by atoms with Gasteiger partial charge in [0, 0.05) is 23.4 Å². The zero-order chi connectivity index (χ0) is 17.6. The van der Waals surface area contributed by atoms with E-state index in [1.165, 1.54) is 12.8 Å². The van der Waals surface area contributed by atoms with Crippen molar-refractivity contribution in [1.82, 2.24) is 4.90 Å². The van der Waals surface area contributed by atoms with Crippen LogP contribution in [0.2, 0.25) is 0 Å². The number of ether oxygens (including phenoxy) is 1. The van der Waals surface area contributed by atoms with Crippen LogP contribution < -0.4 is 10.1 Å². The van der Waals surface area contributed by atoms with Crippen molar-refractivity contribution in [2.75, 3.05) is 25.5 Å². The van der Waals surface area contributed by atoms with Gasteiger partial charge in [0.1, 0.15) is 5.75 Å². The molecule has 0 aliphatic carbocycles. The lowest BCUT2D eigenvalue weighted by Crippen LogP contribution is -2.19. The Bertz CT molecular complexity index is 739. The number of carbonyl (C=O) groups is 1. The summed E-state index contributed by atoms with van der Waals surface area (Å²) in [7, 11) is 1.55. The van der Waals surface area contributed by atoms with Gasteiger partial charge in [-0.2, -0.15) is 0 Å². The van der Waals surface area contributed by atoms with Gasteiger partial charge in [-0.3, -0.25) is 9.69 Å². The molecule has 0 radical (unpaired) electrons. The van der Waals surface area contributed by atoms with Gasteiger partial charge in [0.25, 0.3) is 5.91 Å². The number of rotatable bonds is 6. The lowest BCUT2D eigenvalue weighted by atomic mass is 10.1. The summed E-state index contributed by atoms with van der Waals surface area (Å²) in [6, 6.07) is 13.0. The van der Waals surface area contributed by atoms with Gasteiger partial charge in [0.15, 0.2) is 0 Å². The van der Waals surface area contributed by atoms with Crippen LogP contribution in [0.3, 0.4) is 0 Å². The molecule has 1 aliphatic heterocycles. The maximum Gasteiger partial charge on any atom is 0.255 e. The predicted molar refractivity (Wildman–Crippen MR) is 97.8 cm³/mol. The summed E-state index contributed by atoms with van der Waals surface area (Å²) in [4.78, 5) is 14.9. The van der Waals surface area contributed by atoms with E-state index in [4.69, 9.17) is 4.74 Å². The molecule has 0 saturated carbocycles. The van der Waals surface area contributed by atoms with Crippen molar-refractivity contribution < 1.29 is 14.6 Å². The van der Waals surface area contributed by atoms with Gasteiger partial charge in [-0.25, -0.2) is 0 Å². The van der Waals surface area contributed by atoms with Crippen molar-refractivity contribution in [3.8, 4) is 5.75 Å². The van der Waals surface area contributed by atoms with Crippen molar-refractivity contribution in [2.24, 2.45) is 0 Å². The highest BCUT2D eigenvalue weighted by molar-refractivity contribution is 6.04. The van der Waals surface area contributed by atoms with E-state index in [1.807, 2.05) is 18.2 Å². The monoisotopic (exact) mass is 340 g/mol. The molecule has 132 valence electrons. The minimum absolute atomic E-state index is 0.141. The first kappa shape index (κ1) is 17.5. The average molecular weight is 340 g/mol. The first-order valence-electron chi connectivity index (χ1n) is 8.60. The zero-order valence-electron chi connectivity index (χ0n) is 14.5. The van der Waals surface area contributed by atoms with E-state index in [0.29, 0.717) is 22.6 Å². The Morgan fingerprint density at radius 3 is 2.72 bits per heavy atom. The number of amides is 1. The second-order valence-electron chi connectivity index (χ2n) is 6.32. The van der Waals surface area contributed by atoms with Gasteiger partial charge in [-0.1, -0.05) is 12.1 Å². The van der Waals surface area contributed by atoms with Crippen LogP contribution >= 0.6 is 0 Å². The molecule has 2 aromatic rings. The van der Waals surface area contributed by atoms with Crippen molar-refractivity contribution >= 4 is 11.6 Å². The third kappa shape index (κ3) is 4.38. The Hall–Kier alpha value is -2.37. The summed E-state index contributed by atoms with van der Waals surface area (Å²) in [5.41, 5.74) is 3.07. The van der Waals surface area contributed by atoms with Crippen molar-refractivity contribution in [2.45, 2.75) is 26.0 Å². The van der Waals surface area contributed by atoms with E-state index in [0.717, 1.165) is 25.2 Å². The minimum atomic E-state index is -0.155. The first-order chi connectivity index (χ1) is 12.2. The summed E-state index contributed by atoms with van der Waals surface area (Å²) in [6.07, 6.45) is 2.51. The first-order valence-corrected chi connectivity index (χ1v) is 8.60. The predicted octanol–water partition coefficient (Wildman–Crippen LogP) is 3.04. The number of methoxy groups -OCH3 is 1. The largest absolute Gasteiger partial charge is 0.496 e. The third-order valence-corrected chi connectivity index (χ3v) is 4.50. The molecule has 1 saturated heterocycles. The molecule has 25 heavy (non-hydrogen) atoms. The fraction of sp³-hybridized carbons (Fsp3) is 0.350. The van der Waals surface area contributed by atoms with Gasteiger partial charge in [0.2, 0.25) is 0 Å². The zero-order valence-corrected chi connectivity index (χ0v) is 14.5. The number of carbonyl (C=O) groups excluding carboxylic acids is 1. The van der Waals surface area contributed by atoms with Gasteiger partial charge in [-0.15, -0.1) is 0 Å². The second-order valence-corrected chi connectivity index (χ2v) is 6.32. The lowest BCUT2D eigenvalue weighted by molar-refractivity contribution is 0.102. The Balaban J connectivity index is 1.70. The molecule has 3 rings (SSSR count). The molecule has 2 aromatic carbocycles. The van der Waals surface area contributed by atoms with Crippen LogP contribution in [0.15, 0.2) is 42.5 Å². The number of aliphatic hydroxyl groups excluding tert-OH is 1. The Labute approximate surface area is 148 Å². The van der Waals surface area contributed by atoms with E-state index in [2.05, 4.69) is 16.3 Å². The molecule has 0 spiro atoms. The number of hydrogen-bond donors (Lipinski definition) is 2. The summed E-state index contributed by atoms with van der Waals surface area (Å²) in [5.74, 6) is 0.449. The molecule has 2 N–H and O–H groups in total. The Kier molecular flexibility index (Phi) is 5.68. The Morgan fingerprint density at radius 2 is 2.00 bits per heavy atom. The van der Waals surface area contributed by atoms with Crippen LogP contribution in [0.4, 0.5) is 5.69 Å². The smallest absolute Gasteiger partial charge is 0.255 e. The van der Waals surface area contributed by atoms with E-state index < -0.39 is 0 Å². The molecule has 1 aliphatic rings. The maximum absolute atomic E-state index is 12.5. The van der Waals surface area contributed by atoms with Crippen LogP contribution in [0.5, 0.6) is 5.75 Å². The summed E-state index contributed by atoms with van der Waals surface area (Å²) < 4.78 is 5.18. The number of nitrogens with zero attached hydrogens (tertiary/aromatic N) is 1. The highest BCUT2D eigenvalue weighted by atomic mass is 16.5. The number of benzene rings is 2. The van der Waals surface area contributed by atoms with Crippen LogP contribution in [0.25, 0.3) is 0 Å². The molecule has 5 nitrogen and oxygen atoms in total. The van der Waals surface area contributed by atoms with E-state index in [1.54, 1.807) is 25.3 Å². The molecule has 1 heterocycles. The molecule has 1 fully saturated rings. The SMILES string of the molecule is COc1ccc(NC(=O)c2cccc(CN3CCCC3)c2)cc1CO. The highest BCUT2D eigenvalue weighted by Crippen LogP contribution is 2.23. The lowest BCUT2D eigenvalue weighted by Gasteiger charge is -2.15. The fourth-order valence-electron chi connectivity index (χ4n) is 3.19. The van der Waals surface area contributed by atoms with Crippen LogP contribution in [0.1, 0.15) is 34.3 Å². The highest BCUT2D eigenvalue weighted by Gasteiger charge is 2.13. The number of likely N-dealkylation sites (tertiary alicyclic amines) is 1. The van der Waals surface area contributed by atoms with Crippen LogP contribution in [-0.4, -0.2) is 36.1 Å². The summed E-state index contributed by atoms with van der Waals surface area (Å²) in [6.45, 7) is 3.01. The van der Waals surface area contributed by atoms with Crippen molar-refractivity contribution in [3.63, 3.8) is 0 Å². The Morgan fingerprint density at radius 1 is 1.20 bits per heavy atom. The normalized spacial score (nSPS) is 14.5. The number of nitrogens with one attached hydrogen (secondary N) is 1. The summed E-state index contributed by atoms with van der Waals surface area (Å²) in [5, 5.41) is 12.3. The van der Waals surface area contributed by atoms with E-state index >= 15 is 0 Å². The molecule has 5 heteroatoms. The van der Waals surface area contributed by atoms with Gasteiger partial charge in [-0.05, 0) is 61.8 Å². The van der Waals surface area contributed by atoms with Crippen molar-refractivity contribution in [3.05, 3.63) is 59.2 Å². The molecule has 0 aromatic heterocycles. The van der Waals surface area contributed by atoms with Gasteiger partial charge in [0.05, 0.1) is 13.7 Å². The second kappa shape index (κ2) is 8.14. The van der Waals surface area contributed by atoms with E-state index in [9.17, 15) is 9.90 Å². The molecule has 0 atom stereocenters. The number of hydrogen-bond acceptors (Lipinski definition) is 4. The topological polar surface area (TPSA) is 61.8 Å². The van der Waals surface area contributed by atoms with E-state index in [-0.39, 0.29) is 12.5 Å². The number of anilines is 1. The van der Waals surface area contributed by atoms with Gasteiger partial charge < -0.3 is 15.2 Å². The summed E-state index contributed by atoms with van der Waals surface area (Å²) >= 11 is 0. The molecule has 0 bridgehead atoms. The molecular formula is C20H24N2O3. The third-order valence-electron chi connectivity index (χ3n) is 4.50. The average Bonchev–Trinajstić information content (AvgIpc) is 3.14. The maximum atomic E-state index is 12.5. The minimum Gasteiger partial charge on any atom is -0.496 e. The standard InChI is InChI=1S/C20H24N2O3/c1-25-19-8-7-18(12-17(19)14-23)21-20(24)16-6-4-5-15(11-16)13-22-9-2-3-10-22/h4-8,11-12,23H,2-3,9-10,13-14H2,1H3,(H,21,24). The molecule has 1 amide bonds. The molecular weight excluding hydrogens is 316 g/mol. The quantitative estimate of drug-likeness (QED) is 0.848. The van der Waals surface area contributed by atoms with Gasteiger partial charge >= 0.3 is 0 Å². The molecule has 0 unspecified atom stereocenters. The van der Waals surface area contributed by atoms with Crippen LogP contribution in [-0.2, 0) is 13.2 Å². The fourth-order valence-corrected chi connectivity index (χ4v) is 3.19. The number of aliphatic hydroxyl groups is 1.